The number of aryl methyl sites for hydroxylation is 1. The molecule has 1 atom stereocenters. The Morgan fingerprint density at radius 2 is 2.38 bits per heavy atom. The van der Waals surface area contributed by atoms with Gasteiger partial charge in [-0.1, -0.05) is 13.8 Å². The molecule has 1 rings (SSSR count). The van der Waals surface area contributed by atoms with E-state index in [4.69, 9.17) is 0 Å². The number of imidazole rings is 1. The van der Waals surface area contributed by atoms with E-state index in [-0.39, 0.29) is 5.41 Å². The number of carbonyl (C=O) groups is 1. The summed E-state index contributed by atoms with van der Waals surface area (Å²) in [4.78, 5) is 14.9. The van der Waals surface area contributed by atoms with Gasteiger partial charge in [0.15, 0.2) is 0 Å². The minimum atomic E-state index is -0.242. The van der Waals surface area contributed by atoms with Crippen molar-refractivity contribution in [3.05, 3.63) is 18.2 Å². The third-order valence-corrected chi connectivity index (χ3v) is 2.59. The number of carbonyl (C=O) groups excluding carboxylic acids is 1. The van der Waals surface area contributed by atoms with Crippen LogP contribution in [0.2, 0.25) is 0 Å². The monoisotopic (exact) mass is 180 g/mol. The fraction of sp³-hybridized carbons (Fsp3) is 0.600. The van der Waals surface area contributed by atoms with Crippen LogP contribution in [-0.4, -0.2) is 15.8 Å². The Morgan fingerprint density at radius 3 is 2.77 bits per heavy atom. The predicted molar refractivity (Wildman–Crippen MR) is 51.4 cm³/mol. The third kappa shape index (κ3) is 2.17. The van der Waals surface area contributed by atoms with Crippen molar-refractivity contribution in [2.45, 2.75) is 26.7 Å². The third-order valence-electron chi connectivity index (χ3n) is 2.59. The van der Waals surface area contributed by atoms with Crippen LogP contribution in [-0.2, 0) is 18.3 Å². The van der Waals surface area contributed by atoms with Crippen molar-refractivity contribution < 1.29 is 4.79 Å². The zero-order valence-corrected chi connectivity index (χ0v) is 8.45. The van der Waals surface area contributed by atoms with Crippen LogP contribution in [0.15, 0.2) is 12.5 Å². The van der Waals surface area contributed by atoms with Gasteiger partial charge in [-0.2, -0.15) is 0 Å². The van der Waals surface area contributed by atoms with Crippen molar-refractivity contribution in [3.8, 4) is 0 Å². The fourth-order valence-electron chi connectivity index (χ4n) is 1.22. The highest BCUT2D eigenvalue weighted by molar-refractivity contribution is 5.59. The maximum absolute atomic E-state index is 10.9. The first kappa shape index (κ1) is 9.96. The minimum absolute atomic E-state index is 0.242. The highest BCUT2D eigenvalue weighted by Crippen LogP contribution is 2.23. The zero-order chi connectivity index (χ0) is 9.90. The number of aromatic nitrogens is 2. The van der Waals surface area contributed by atoms with Gasteiger partial charge in [0.1, 0.15) is 6.29 Å². The summed E-state index contributed by atoms with van der Waals surface area (Å²) in [5.41, 5.74) is 0.866. The van der Waals surface area contributed by atoms with E-state index in [0.29, 0.717) is 0 Å². The summed E-state index contributed by atoms with van der Waals surface area (Å²) >= 11 is 0. The molecule has 0 radical (unpaired) electrons. The second-order valence-electron chi connectivity index (χ2n) is 3.80. The lowest BCUT2D eigenvalue weighted by Crippen LogP contribution is -2.21. The first-order valence-corrected chi connectivity index (χ1v) is 4.53. The SMILES string of the molecule is CCC(C)(C=O)Cc1cncn1C. The summed E-state index contributed by atoms with van der Waals surface area (Å²) in [6.07, 6.45) is 6.25. The minimum Gasteiger partial charge on any atom is -0.338 e. The number of nitrogens with zero attached hydrogens (tertiary/aromatic N) is 2. The van der Waals surface area contributed by atoms with Gasteiger partial charge in [-0.05, 0) is 6.42 Å². The van der Waals surface area contributed by atoms with Gasteiger partial charge in [-0.3, -0.25) is 0 Å². The largest absolute Gasteiger partial charge is 0.338 e. The van der Waals surface area contributed by atoms with Crippen molar-refractivity contribution in [2.75, 3.05) is 0 Å². The van der Waals surface area contributed by atoms with E-state index < -0.39 is 0 Å². The van der Waals surface area contributed by atoms with Gasteiger partial charge < -0.3 is 9.36 Å². The molecule has 0 spiro atoms. The van der Waals surface area contributed by atoms with Crippen molar-refractivity contribution in [1.82, 2.24) is 9.55 Å². The Balaban J connectivity index is 2.78. The van der Waals surface area contributed by atoms with Gasteiger partial charge in [-0.15, -0.1) is 0 Å². The second-order valence-corrected chi connectivity index (χ2v) is 3.80. The first-order valence-electron chi connectivity index (χ1n) is 4.53. The Labute approximate surface area is 78.8 Å². The molecule has 0 aromatic carbocycles. The van der Waals surface area contributed by atoms with E-state index in [0.717, 1.165) is 24.8 Å². The summed E-state index contributed by atoms with van der Waals surface area (Å²) < 4.78 is 1.96. The van der Waals surface area contributed by atoms with Crippen molar-refractivity contribution >= 4 is 6.29 Å². The fourth-order valence-corrected chi connectivity index (χ4v) is 1.22. The van der Waals surface area contributed by atoms with E-state index in [1.54, 1.807) is 6.33 Å². The number of aldehydes is 1. The van der Waals surface area contributed by atoms with Crippen molar-refractivity contribution in [2.24, 2.45) is 12.5 Å². The average molecular weight is 180 g/mol. The lowest BCUT2D eigenvalue weighted by Gasteiger charge is -2.20. The molecular weight excluding hydrogens is 164 g/mol. The van der Waals surface area contributed by atoms with Gasteiger partial charge >= 0.3 is 0 Å². The molecule has 3 heteroatoms. The molecule has 0 aliphatic rings. The zero-order valence-electron chi connectivity index (χ0n) is 8.45. The van der Waals surface area contributed by atoms with Crippen molar-refractivity contribution in [3.63, 3.8) is 0 Å². The lowest BCUT2D eigenvalue weighted by molar-refractivity contribution is -0.115. The van der Waals surface area contributed by atoms with Crippen LogP contribution in [0.1, 0.15) is 26.0 Å². The molecule has 1 heterocycles. The summed E-state index contributed by atoms with van der Waals surface area (Å²) in [5, 5.41) is 0. The lowest BCUT2D eigenvalue weighted by atomic mass is 9.84. The Hall–Kier alpha value is -1.12. The molecular formula is C10H16N2O. The van der Waals surface area contributed by atoms with Gasteiger partial charge in [0.05, 0.1) is 6.33 Å². The van der Waals surface area contributed by atoms with Crippen LogP contribution < -0.4 is 0 Å². The molecule has 13 heavy (non-hydrogen) atoms. The summed E-state index contributed by atoms with van der Waals surface area (Å²) in [6.45, 7) is 4.01. The summed E-state index contributed by atoms with van der Waals surface area (Å²) in [6, 6.07) is 0. The second kappa shape index (κ2) is 3.73. The Bertz CT molecular complexity index is 293. The molecule has 0 saturated heterocycles. The molecule has 1 aromatic rings. The Kier molecular flexibility index (Phi) is 2.86. The van der Waals surface area contributed by atoms with Gasteiger partial charge in [-0.25, -0.2) is 4.98 Å². The van der Waals surface area contributed by atoms with Crippen molar-refractivity contribution in [1.29, 1.82) is 0 Å². The van der Waals surface area contributed by atoms with Gasteiger partial charge in [0, 0.05) is 30.8 Å². The summed E-state index contributed by atoms with van der Waals surface area (Å²) in [7, 11) is 1.95. The van der Waals surface area contributed by atoms with Crippen LogP contribution in [0.5, 0.6) is 0 Å². The smallest absolute Gasteiger partial charge is 0.126 e. The van der Waals surface area contributed by atoms with Gasteiger partial charge in [0.2, 0.25) is 0 Å². The van der Waals surface area contributed by atoms with E-state index in [1.807, 2.05) is 31.7 Å². The van der Waals surface area contributed by atoms with Crippen LogP contribution in [0.4, 0.5) is 0 Å². The molecule has 0 aliphatic carbocycles. The maximum Gasteiger partial charge on any atom is 0.126 e. The van der Waals surface area contributed by atoms with Gasteiger partial charge in [0.25, 0.3) is 0 Å². The number of rotatable bonds is 4. The maximum atomic E-state index is 10.9. The molecule has 3 nitrogen and oxygen atoms in total. The number of hydrogen-bond donors (Lipinski definition) is 0. The molecule has 0 bridgehead atoms. The van der Waals surface area contributed by atoms with E-state index in [2.05, 4.69) is 4.98 Å². The Morgan fingerprint density at radius 1 is 1.69 bits per heavy atom. The van der Waals surface area contributed by atoms with E-state index in [9.17, 15) is 4.79 Å². The summed E-state index contributed by atoms with van der Waals surface area (Å²) in [5.74, 6) is 0. The van der Waals surface area contributed by atoms with E-state index >= 15 is 0 Å². The molecule has 0 aliphatic heterocycles. The standard InChI is InChI=1S/C10H16N2O/c1-4-10(2,7-13)5-9-6-11-8-12(9)3/h6-8H,4-5H2,1-3H3. The quantitative estimate of drug-likeness (QED) is 0.659. The van der Waals surface area contributed by atoms with E-state index in [1.165, 1.54) is 0 Å². The molecule has 0 saturated carbocycles. The van der Waals surface area contributed by atoms with Crippen LogP contribution in [0.25, 0.3) is 0 Å². The average Bonchev–Trinajstić information content (AvgIpc) is 2.52. The highest BCUT2D eigenvalue weighted by atomic mass is 16.1. The molecule has 0 fully saturated rings. The topological polar surface area (TPSA) is 34.9 Å². The normalized spacial score (nSPS) is 15.3. The molecule has 1 unspecified atom stereocenters. The molecule has 0 amide bonds. The first-order chi connectivity index (χ1) is 6.11. The van der Waals surface area contributed by atoms with Crippen LogP contribution >= 0.6 is 0 Å². The number of hydrogen-bond acceptors (Lipinski definition) is 2. The molecule has 1 aromatic heterocycles. The predicted octanol–water partition coefficient (Wildman–Crippen LogP) is 1.58. The molecule has 72 valence electrons. The molecule has 0 N–H and O–H groups in total. The van der Waals surface area contributed by atoms with Crippen LogP contribution in [0, 0.1) is 5.41 Å². The van der Waals surface area contributed by atoms with Crippen LogP contribution in [0.3, 0.4) is 0 Å². The highest BCUT2D eigenvalue weighted by Gasteiger charge is 2.22.